The lowest BCUT2D eigenvalue weighted by atomic mass is 10.0. The molecule has 0 atom stereocenters. The van der Waals surface area contributed by atoms with E-state index in [1.807, 2.05) is 13.8 Å². The van der Waals surface area contributed by atoms with E-state index in [1.165, 1.54) is 0 Å². The minimum atomic E-state index is -0.489. The third kappa shape index (κ3) is 3.27. The van der Waals surface area contributed by atoms with Crippen LogP contribution in [0.15, 0.2) is 18.2 Å². The number of aliphatic hydroxyl groups is 1. The highest BCUT2D eigenvalue weighted by atomic mass is 16.5. The molecule has 108 valence electrons. The summed E-state index contributed by atoms with van der Waals surface area (Å²) in [5, 5.41) is 14.5. The first-order valence-corrected chi connectivity index (χ1v) is 6.41. The van der Waals surface area contributed by atoms with Gasteiger partial charge in [-0.2, -0.15) is 0 Å². The Labute approximate surface area is 117 Å². The monoisotopic (exact) mass is 278 g/mol. The fourth-order valence-corrected chi connectivity index (χ4v) is 1.94. The summed E-state index contributed by atoms with van der Waals surface area (Å²) in [7, 11) is 0. The standard InChI is InChI=1S/C14H18N2O4/c1-14(2,5-6-17)16-13(19)9-3-4-10-11(7-9)20-8-12(18)15-10/h3-4,7,17H,5-6,8H2,1-2H3,(H,15,18)(H,16,19). The predicted octanol–water partition coefficient (Wildman–Crippen LogP) is 0.908. The van der Waals surface area contributed by atoms with Gasteiger partial charge in [-0.25, -0.2) is 0 Å². The molecule has 0 saturated carbocycles. The number of carbonyl (C=O) groups excluding carboxylic acids is 2. The number of anilines is 1. The van der Waals surface area contributed by atoms with Gasteiger partial charge >= 0.3 is 0 Å². The van der Waals surface area contributed by atoms with Crippen molar-refractivity contribution in [3.05, 3.63) is 23.8 Å². The van der Waals surface area contributed by atoms with Crippen LogP contribution in [-0.4, -0.2) is 35.7 Å². The van der Waals surface area contributed by atoms with Crippen molar-refractivity contribution >= 4 is 17.5 Å². The lowest BCUT2D eigenvalue weighted by Crippen LogP contribution is -2.44. The largest absolute Gasteiger partial charge is 0.482 e. The van der Waals surface area contributed by atoms with Crippen molar-refractivity contribution in [2.75, 3.05) is 18.5 Å². The van der Waals surface area contributed by atoms with Crippen LogP contribution in [0.5, 0.6) is 5.75 Å². The third-order valence-corrected chi connectivity index (χ3v) is 3.07. The van der Waals surface area contributed by atoms with E-state index in [9.17, 15) is 9.59 Å². The van der Waals surface area contributed by atoms with E-state index in [2.05, 4.69) is 10.6 Å². The number of amides is 2. The van der Waals surface area contributed by atoms with E-state index in [0.29, 0.717) is 23.4 Å². The summed E-state index contributed by atoms with van der Waals surface area (Å²) in [6.45, 7) is 3.65. The van der Waals surface area contributed by atoms with Gasteiger partial charge in [-0.05, 0) is 38.5 Å². The second-order valence-corrected chi connectivity index (χ2v) is 5.36. The lowest BCUT2D eigenvalue weighted by Gasteiger charge is -2.26. The number of fused-ring (bicyclic) bond motifs is 1. The first kappa shape index (κ1) is 14.3. The molecule has 1 heterocycles. The van der Waals surface area contributed by atoms with Crippen molar-refractivity contribution in [1.82, 2.24) is 5.32 Å². The van der Waals surface area contributed by atoms with Crippen LogP contribution in [0, 0.1) is 0 Å². The Morgan fingerprint density at radius 2 is 2.25 bits per heavy atom. The molecular formula is C14H18N2O4. The number of carbonyl (C=O) groups is 2. The molecule has 0 aromatic heterocycles. The first-order valence-electron chi connectivity index (χ1n) is 6.41. The molecule has 6 nitrogen and oxygen atoms in total. The van der Waals surface area contributed by atoms with Crippen molar-refractivity contribution in [3.63, 3.8) is 0 Å². The Kier molecular flexibility index (Phi) is 3.94. The Bertz CT molecular complexity index is 540. The van der Waals surface area contributed by atoms with Crippen molar-refractivity contribution in [2.45, 2.75) is 25.8 Å². The average molecular weight is 278 g/mol. The highest BCUT2D eigenvalue weighted by Crippen LogP contribution is 2.28. The summed E-state index contributed by atoms with van der Waals surface area (Å²) in [6.07, 6.45) is 0.468. The Balaban J connectivity index is 2.14. The molecule has 1 aliphatic heterocycles. The van der Waals surface area contributed by atoms with Crippen molar-refractivity contribution in [1.29, 1.82) is 0 Å². The number of rotatable bonds is 4. The maximum absolute atomic E-state index is 12.1. The fourth-order valence-electron chi connectivity index (χ4n) is 1.94. The summed E-state index contributed by atoms with van der Waals surface area (Å²) < 4.78 is 5.27. The van der Waals surface area contributed by atoms with Gasteiger partial charge in [-0.15, -0.1) is 0 Å². The van der Waals surface area contributed by atoms with E-state index >= 15 is 0 Å². The molecule has 1 aliphatic rings. The van der Waals surface area contributed by atoms with E-state index in [0.717, 1.165) is 0 Å². The summed E-state index contributed by atoms with van der Waals surface area (Å²) >= 11 is 0. The predicted molar refractivity (Wildman–Crippen MR) is 73.8 cm³/mol. The zero-order valence-corrected chi connectivity index (χ0v) is 11.5. The molecule has 0 radical (unpaired) electrons. The molecule has 0 aliphatic carbocycles. The average Bonchev–Trinajstić information content (AvgIpc) is 2.37. The zero-order chi connectivity index (χ0) is 14.8. The molecule has 2 rings (SSSR count). The van der Waals surface area contributed by atoms with Gasteiger partial charge in [-0.3, -0.25) is 9.59 Å². The number of nitrogens with one attached hydrogen (secondary N) is 2. The zero-order valence-electron chi connectivity index (χ0n) is 11.5. The van der Waals surface area contributed by atoms with Gasteiger partial charge in [0.25, 0.3) is 11.8 Å². The topological polar surface area (TPSA) is 87.7 Å². The van der Waals surface area contributed by atoms with Crippen LogP contribution in [-0.2, 0) is 4.79 Å². The lowest BCUT2D eigenvalue weighted by molar-refractivity contribution is -0.118. The molecular weight excluding hydrogens is 260 g/mol. The molecule has 1 aromatic carbocycles. The van der Waals surface area contributed by atoms with Gasteiger partial charge < -0.3 is 20.5 Å². The van der Waals surface area contributed by atoms with Crippen LogP contribution in [0.1, 0.15) is 30.6 Å². The molecule has 3 N–H and O–H groups in total. The summed E-state index contributed by atoms with van der Waals surface area (Å²) in [5.41, 5.74) is 0.523. The van der Waals surface area contributed by atoms with Gasteiger partial charge in [0.05, 0.1) is 5.69 Å². The Morgan fingerprint density at radius 3 is 2.95 bits per heavy atom. The van der Waals surface area contributed by atoms with E-state index in [4.69, 9.17) is 9.84 Å². The van der Waals surface area contributed by atoms with E-state index in [1.54, 1.807) is 18.2 Å². The van der Waals surface area contributed by atoms with E-state index in [-0.39, 0.29) is 25.0 Å². The van der Waals surface area contributed by atoms with E-state index < -0.39 is 5.54 Å². The molecule has 20 heavy (non-hydrogen) atoms. The summed E-state index contributed by atoms with van der Waals surface area (Å²) in [4.78, 5) is 23.3. The molecule has 2 amide bonds. The number of benzene rings is 1. The quantitative estimate of drug-likeness (QED) is 0.764. The number of hydrogen-bond acceptors (Lipinski definition) is 4. The second-order valence-electron chi connectivity index (χ2n) is 5.36. The van der Waals surface area contributed by atoms with Crippen molar-refractivity contribution < 1.29 is 19.4 Å². The molecule has 1 aromatic rings. The maximum atomic E-state index is 12.1. The van der Waals surface area contributed by atoms with Gasteiger partial charge in [0.2, 0.25) is 0 Å². The minimum Gasteiger partial charge on any atom is -0.482 e. The van der Waals surface area contributed by atoms with Crippen LogP contribution in [0.3, 0.4) is 0 Å². The smallest absolute Gasteiger partial charge is 0.262 e. The van der Waals surface area contributed by atoms with Crippen molar-refractivity contribution in [2.24, 2.45) is 0 Å². The van der Waals surface area contributed by atoms with Crippen LogP contribution in [0.25, 0.3) is 0 Å². The summed E-state index contributed by atoms with van der Waals surface area (Å²) in [5.74, 6) is 0.0303. The first-order chi connectivity index (χ1) is 9.41. The van der Waals surface area contributed by atoms with Crippen LogP contribution < -0.4 is 15.4 Å². The molecule has 6 heteroatoms. The number of ether oxygens (including phenoxy) is 1. The molecule has 0 fully saturated rings. The Morgan fingerprint density at radius 1 is 1.50 bits per heavy atom. The van der Waals surface area contributed by atoms with Crippen molar-refractivity contribution in [3.8, 4) is 5.75 Å². The third-order valence-electron chi connectivity index (χ3n) is 3.07. The van der Waals surface area contributed by atoms with Crippen LogP contribution >= 0.6 is 0 Å². The van der Waals surface area contributed by atoms with Gasteiger partial charge in [-0.1, -0.05) is 0 Å². The van der Waals surface area contributed by atoms with Gasteiger partial charge in [0.1, 0.15) is 5.75 Å². The summed E-state index contributed by atoms with van der Waals surface area (Å²) in [6, 6.07) is 4.86. The van der Waals surface area contributed by atoms with Crippen LogP contribution in [0.2, 0.25) is 0 Å². The highest BCUT2D eigenvalue weighted by Gasteiger charge is 2.22. The van der Waals surface area contributed by atoms with Gasteiger partial charge in [0, 0.05) is 17.7 Å². The normalized spacial score (nSPS) is 14.1. The second kappa shape index (κ2) is 5.50. The Hall–Kier alpha value is -2.08. The number of aliphatic hydroxyl groups excluding tert-OH is 1. The molecule has 0 bridgehead atoms. The molecule has 0 saturated heterocycles. The minimum absolute atomic E-state index is 0.00656. The molecule has 0 spiro atoms. The van der Waals surface area contributed by atoms with Gasteiger partial charge in [0.15, 0.2) is 6.61 Å². The van der Waals surface area contributed by atoms with Crippen LogP contribution in [0.4, 0.5) is 5.69 Å². The highest BCUT2D eigenvalue weighted by molar-refractivity contribution is 5.99. The SMILES string of the molecule is CC(C)(CCO)NC(=O)c1ccc2c(c1)OCC(=O)N2. The fraction of sp³-hybridized carbons (Fsp3) is 0.429. The number of hydrogen-bond donors (Lipinski definition) is 3. The molecule has 0 unspecified atom stereocenters. The maximum Gasteiger partial charge on any atom is 0.262 e.